The fourth-order valence-electron chi connectivity index (χ4n) is 3.80. The normalized spacial score (nSPS) is 16.4. The number of rotatable bonds is 3. The maximum atomic E-state index is 13.2. The summed E-state index contributed by atoms with van der Waals surface area (Å²) in [6, 6.07) is 7.01. The van der Waals surface area contributed by atoms with Crippen molar-refractivity contribution in [1.82, 2.24) is 25.2 Å². The van der Waals surface area contributed by atoms with Crippen LogP contribution in [0, 0.1) is 6.92 Å². The van der Waals surface area contributed by atoms with Gasteiger partial charge in [0.25, 0.3) is 11.5 Å². The number of hydrogen-bond donors (Lipinski definition) is 1. The first-order chi connectivity index (χ1) is 13.0. The van der Waals surface area contributed by atoms with Crippen molar-refractivity contribution in [2.45, 2.75) is 44.6 Å². The molecule has 1 N–H and O–H groups in total. The maximum absolute atomic E-state index is 13.2. The smallest absolute Gasteiger partial charge is 0.274 e. The molecule has 0 bridgehead atoms. The van der Waals surface area contributed by atoms with Crippen molar-refractivity contribution in [2.24, 2.45) is 7.05 Å². The van der Waals surface area contributed by atoms with Crippen LogP contribution in [0.15, 0.2) is 33.6 Å². The molecule has 2 heterocycles. The van der Waals surface area contributed by atoms with Gasteiger partial charge in [0.2, 0.25) is 5.89 Å². The van der Waals surface area contributed by atoms with Crippen LogP contribution in [0.2, 0.25) is 0 Å². The predicted octanol–water partition coefficient (Wildman–Crippen LogP) is 2.21. The third-order valence-corrected chi connectivity index (χ3v) is 5.19. The van der Waals surface area contributed by atoms with Crippen molar-refractivity contribution >= 4 is 16.7 Å². The lowest BCUT2D eigenvalue weighted by Gasteiger charge is -2.35. The van der Waals surface area contributed by atoms with Crippen molar-refractivity contribution < 1.29 is 9.32 Å². The number of nitrogens with one attached hydrogen (secondary N) is 1. The topological polar surface area (TPSA) is 103 Å². The lowest BCUT2D eigenvalue weighted by Crippen LogP contribution is -2.48. The number of amides is 1. The molecule has 2 aromatic heterocycles. The molecule has 0 spiro atoms. The average molecular weight is 367 g/mol. The van der Waals surface area contributed by atoms with E-state index in [0.29, 0.717) is 22.5 Å². The lowest BCUT2D eigenvalue weighted by atomic mass is 9.81. The molecule has 1 saturated carbocycles. The average Bonchev–Trinajstić information content (AvgIpc) is 3.12. The molecule has 8 heteroatoms. The van der Waals surface area contributed by atoms with Gasteiger partial charge >= 0.3 is 0 Å². The Labute approximate surface area is 155 Å². The first kappa shape index (κ1) is 17.4. The van der Waals surface area contributed by atoms with Crippen LogP contribution >= 0.6 is 0 Å². The summed E-state index contributed by atoms with van der Waals surface area (Å²) in [5.74, 6) is 0.628. The molecule has 1 aromatic carbocycles. The van der Waals surface area contributed by atoms with Crippen molar-refractivity contribution in [2.75, 3.05) is 0 Å². The third kappa shape index (κ3) is 3.01. The van der Waals surface area contributed by atoms with Crippen LogP contribution in [0.3, 0.4) is 0 Å². The Balaban J connectivity index is 1.77. The second-order valence-corrected chi connectivity index (χ2v) is 7.06. The van der Waals surface area contributed by atoms with E-state index in [2.05, 4.69) is 20.6 Å². The lowest BCUT2D eigenvalue weighted by molar-refractivity contribution is 0.0850. The van der Waals surface area contributed by atoms with E-state index in [1.807, 2.05) is 0 Å². The molecule has 1 amide bonds. The summed E-state index contributed by atoms with van der Waals surface area (Å²) in [7, 11) is 1.55. The molecular weight excluding hydrogens is 346 g/mol. The first-order valence-electron chi connectivity index (χ1n) is 9.09. The fourth-order valence-corrected chi connectivity index (χ4v) is 3.80. The molecule has 0 radical (unpaired) electrons. The number of carbonyl (C=O) groups excluding carboxylic acids is 1. The molecular formula is C19H21N5O3. The maximum Gasteiger partial charge on any atom is 0.274 e. The van der Waals surface area contributed by atoms with Gasteiger partial charge in [-0.1, -0.05) is 42.6 Å². The zero-order valence-corrected chi connectivity index (χ0v) is 15.4. The van der Waals surface area contributed by atoms with E-state index in [1.54, 1.807) is 38.2 Å². The van der Waals surface area contributed by atoms with Crippen LogP contribution in [-0.2, 0) is 12.6 Å². The minimum atomic E-state index is -0.676. The Hall–Kier alpha value is -3.03. The molecule has 0 aliphatic heterocycles. The fraction of sp³-hybridized carbons (Fsp3) is 0.421. The van der Waals surface area contributed by atoms with Crippen molar-refractivity contribution in [3.63, 3.8) is 0 Å². The van der Waals surface area contributed by atoms with Crippen LogP contribution in [-0.4, -0.2) is 25.8 Å². The molecule has 0 unspecified atom stereocenters. The van der Waals surface area contributed by atoms with Crippen LogP contribution in [0.25, 0.3) is 10.8 Å². The highest BCUT2D eigenvalue weighted by Gasteiger charge is 2.40. The molecule has 0 saturated heterocycles. The summed E-state index contributed by atoms with van der Waals surface area (Å²) < 4.78 is 6.36. The molecule has 1 fully saturated rings. The van der Waals surface area contributed by atoms with Gasteiger partial charge in [-0.2, -0.15) is 10.1 Å². The van der Waals surface area contributed by atoms with Gasteiger partial charge in [0.15, 0.2) is 11.5 Å². The van der Waals surface area contributed by atoms with E-state index >= 15 is 0 Å². The van der Waals surface area contributed by atoms with E-state index in [1.165, 1.54) is 4.68 Å². The molecule has 0 atom stereocenters. The number of aryl methyl sites for hydroxylation is 2. The van der Waals surface area contributed by atoms with E-state index < -0.39 is 5.54 Å². The summed E-state index contributed by atoms with van der Waals surface area (Å²) in [5, 5.41) is 12.4. The zero-order valence-electron chi connectivity index (χ0n) is 15.4. The van der Waals surface area contributed by atoms with E-state index in [9.17, 15) is 9.59 Å². The van der Waals surface area contributed by atoms with E-state index in [0.717, 1.165) is 32.1 Å². The molecule has 8 nitrogen and oxygen atoms in total. The highest BCUT2D eigenvalue weighted by Crippen LogP contribution is 2.36. The Morgan fingerprint density at radius 3 is 2.56 bits per heavy atom. The quantitative estimate of drug-likeness (QED) is 0.761. The summed E-state index contributed by atoms with van der Waals surface area (Å²) in [6.07, 6.45) is 4.52. The molecule has 27 heavy (non-hydrogen) atoms. The van der Waals surface area contributed by atoms with Gasteiger partial charge in [0, 0.05) is 19.4 Å². The Morgan fingerprint density at radius 1 is 1.19 bits per heavy atom. The Morgan fingerprint density at radius 2 is 1.89 bits per heavy atom. The zero-order chi connectivity index (χ0) is 19.0. The number of carbonyl (C=O) groups is 1. The summed E-state index contributed by atoms with van der Waals surface area (Å²) in [6.45, 7) is 1.73. The van der Waals surface area contributed by atoms with Crippen LogP contribution < -0.4 is 10.9 Å². The van der Waals surface area contributed by atoms with E-state index in [-0.39, 0.29) is 17.2 Å². The largest absolute Gasteiger partial charge is 0.340 e. The third-order valence-electron chi connectivity index (χ3n) is 5.19. The van der Waals surface area contributed by atoms with Crippen molar-refractivity contribution in [3.05, 3.63) is 52.0 Å². The number of benzene rings is 1. The number of hydrogen-bond acceptors (Lipinski definition) is 6. The number of aromatic nitrogens is 4. The molecule has 4 rings (SSSR count). The van der Waals surface area contributed by atoms with Crippen LogP contribution in [0.1, 0.15) is 54.3 Å². The number of fused-ring (bicyclic) bond motifs is 1. The Bertz CT molecular complexity index is 1060. The highest BCUT2D eigenvalue weighted by atomic mass is 16.5. The van der Waals surface area contributed by atoms with Gasteiger partial charge in [-0.05, 0) is 18.9 Å². The predicted molar refractivity (Wildman–Crippen MR) is 98.2 cm³/mol. The van der Waals surface area contributed by atoms with Gasteiger partial charge in [-0.3, -0.25) is 9.59 Å². The second-order valence-electron chi connectivity index (χ2n) is 7.06. The van der Waals surface area contributed by atoms with Crippen LogP contribution in [0.5, 0.6) is 0 Å². The van der Waals surface area contributed by atoms with Gasteiger partial charge in [0.1, 0.15) is 5.54 Å². The monoisotopic (exact) mass is 367 g/mol. The summed E-state index contributed by atoms with van der Waals surface area (Å²) >= 11 is 0. The second kappa shape index (κ2) is 6.61. The molecule has 1 aliphatic rings. The van der Waals surface area contributed by atoms with Crippen LogP contribution in [0.4, 0.5) is 0 Å². The van der Waals surface area contributed by atoms with Crippen molar-refractivity contribution in [1.29, 1.82) is 0 Å². The first-order valence-corrected chi connectivity index (χ1v) is 9.09. The molecule has 140 valence electrons. The highest BCUT2D eigenvalue weighted by molar-refractivity contribution is 6.05. The molecule has 1 aliphatic carbocycles. The number of nitrogens with zero attached hydrogens (tertiary/aromatic N) is 4. The van der Waals surface area contributed by atoms with E-state index in [4.69, 9.17) is 4.52 Å². The van der Waals surface area contributed by atoms with Gasteiger partial charge < -0.3 is 9.84 Å². The minimum Gasteiger partial charge on any atom is -0.340 e. The standard InChI is InChI=1S/C19H21N5O3/c1-12-20-18(23-27-12)19(10-6-3-7-11-19)21-16(25)15-13-8-4-5-9-14(13)17(26)24(2)22-15/h4-5,8-9H,3,6-7,10-11H2,1-2H3,(H,21,25). The summed E-state index contributed by atoms with van der Waals surface area (Å²) in [5.41, 5.74) is -0.689. The van der Waals surface area contributed by atoms with Crippen molar-refractivity contribution in [3.8, 4) is 0 Å². The molecule has 3 aromatic rings. The van der Waals surface area contributed by atoms with Gasteiger partial charge in [-0.25, -0.2) is 4.68 Å². The summed E-state index contributed by atoms with van der Waals surface area (Å²) in [4.78, 5) is 29.9. The minimum absolute atomic E-state index is 0.220. The van der Waals surface area contributed by atoms with Gasteiger partial charge in [0.05, 0.1) is 5.39 Å². The SMILES string of the molecule is Cc1nc(C2(NC(=O)c3nn(C)c(=O)c4ccccc34)CCCCC2)no1. The van der Waals surface area contributed by atoms with Gasteiger partial charge in [-0.15, -0.1) is 0 Å². The Kier molecular flexibility index (Phi) is 4.25.